The van der Waals surface area contributed by atoms with Crippen LogP contribution in [-0.4, -0.2) is 50.2 Å². The first-order chi connectivity index (χ1) is 12.3. The number of carbonyl (C=O) groups excluding carboxylic acids is 1. The van der Waals surface area contributed by atoms with E-state index in [1.807, 2.05) is 0 Å². The summed E-state index contributed by atoms with van der Waals surface area (Å²) in [6.45, 7) is 1.78. The zero-order chi connectivity index (χ0) is 18.5. The van der Waals surface area contributed by atoms with Crippen molar-refractivity contribution in [3.63, 3.8) is 0 Å². The molecule has 4 rings (SSSR count). The highest BCUT2D eigenvalue weighted by Gasteiger charge is 2.31. The molecule has 136 valence electrons. The number of nitrogens with one attached hydrogen (secondary N) is 1. The maximum atomic E-state index is 12.7. The normalized spacial score (nSPS) is 19.0. The summed E-state index contributed by atoms with van der Waals surface area (Å²) >= 11 is 0. The van der Waals surface area contributed by atoms with Gasteiger partial charge in [-0.15, -0.1) is 0 Å². The van der Waals surface area contributed by atoms with Crippen LogP contribution in [0.5, 0.6) is 0 Å². The van der Waals surface area contributed by atoms with E-state index in [-0.39, 0.29) is 28.9 Å². The van der Waals surface area contributed by atoms with E-state index >= 15 is 0 Å². The van der Waals surface area contributed by atoms with Gasteiger partial charge in [-0.25, -0.2) is 22.6 Å². The Kier molecular flexibility index (Phi) is 3.68. The van der Waals surface area contributed by atoms with Crippen molar-refractivity contribution in [2.24, 2.45) is 0 Å². The fourth-order valence-corrected chi connectivity index (χ4v) is 4.78. The van der Waals surface area contributed by atoms with Crippen molar-refractivity contribution < 1.29 is 13.2 Å². The van der Waals surface area contributed by atoms with Crippen LogP contribution in [0.1, 0.15) is 28.5 Å². The SMILES string of the molecule is Cc1cc(NC(=O)c2cnn3ccc(N)nc23)n(C2CCS(=O)(=O)C2)n1. The van der Waals surface area contributed by atoms with Gasteiger partial charge in [0, 0.05) is 12.3 Å². The van der Waals surface area contributed by atoms with E-state index in [0.717, 1.165) is 0 Å². The number of aryl methyl sites for hydroxylation is 1. The maximum Gasteiger partial charge on any atom is 0.262 e. The Balaban J connectivity index is 1.65. The fraction of sp³-hybridized carbons (Fsp3) is 0.333. The van der Waals surface area contributed by atoms with Gasteiger partial charge in [-0.3, -0.25) is 4.79 Å². The van der Waals surface area contributed by atoms with Crippen molar-refractivity contribution >= 4 is 33.0 Å². The number of nitrogen functional groups attached to an aromatic ring is 1. The highest BCUT2D eigenvalue weighted by atomic mass is 32.2. The van der Waals surface area contributed by atoms with Gasteiger partial charge in [0.25, 0.3) is 5.91 Å². The Morgan fingerprint density at radius 3 is 2.96 bits per heavy atom. The van der Waals surface area contributed by atoms with E-state index in [0.29, 0.717) is 23.6 Å². The van der Waals surface area contributed by atoms with E-state index in [1.54, 1.807) is 29.9 Å². The van der Waals surface area contributed by atoms with Crippen LogP contribution in [0.15, 0.2) is 24.5 Å². The van der Waals surface area contributed by atoms with Crippen LogP contribution in [0.25, 0.3) is 5.65 Å². The number of amides is 1. The predicted molar refractivity (Wildman–Crippen MR) is 94.6 cm³/mol. The van der Waals surface area contributed by atoms with Gasteiger partial charge in [0.2, 0.25) is 0 Å². The van der Waals surface area contributed by atoms with Crippen LogP contribution in [0.4, 0.5) is 11.6 Å². The van der Waals surface area contributed by atoms with Crippen LogP contribution >= 0.6 is 0 Å². The van der Waals surface area contributed by atoms with Crippen molar-refractivity contribution in [3.8, 4) is 0 Å². The number of aromatic nitrogens is 5. The summed E-state index contributed by atoms with van der Waals surface area (Å²) in [6.07, 6.45) is 3.50. The maximum absolute atomic E-state index is 12.7. The van der Waals surface area contributed by atoms with Crippen LogP contribution < -0.4 is 11.1 Å². The van der Waals surface area contributed by atoms with E-state index < -0.39 is 15.7 Å². The molecule has 10 nitrogen and oxygen atoms in total. The molecule has 1 aliphatic heterocycles. The second kappa shape index (κ2) is 5.80. The van der Waals surface area contributed by atoms with Gasteiger partial charge in [0.1, 0.15) is 17.2 Å². The third-order valence-corrected chi connectivity index (χ3v) is 6.04. The van der Waals surface area contributed by atoms with Crippen molar-refractivity contribution in [2.75, 3.05) is 22.6 Å². The minimum atomic E-state index is -3.07. The lowest BCUT2D eigenvalue weighted by Crippen LogP contribution is -2.19. The Morgan fingerprint density at radius 2 is 2.23 bits per heavy atom. The molecule has 1 atom stereocenters. The first kappa shape index (κ1) is 16.5. The smallest absolute Gasteiger partial charge is 0.262 e. The lowest BCUT2D eigenvalue weighted by atomic mass is 10.2. The number of fused-ring (bicyclic) bond motifs is 1. The monoisotopic (exact) mass is 375 g/mol. The largest absolute Gasteiger partial charge is 0.384 e. The molecule has 0 aliphatic carbocycles. The molecule has 3 N–H and O–H groups in total. The number of sulfone groups is 1. The molecule has 26 heavy (non-hydrogen) atoms. The molecular formula is C15H17N7O3S. The number of anilines is 2. The Morgan fingerprint density at radius 1 is 1.42 bits per heavy atom. The molecule has 1 aliphatic rings. The van der Waals surface area contributed by atoms with Gasteiger partial charge in [0.05, 0.1) is 29.4 Å². The van der Waals surface area contributed by atoms with E-state index in [1.165, 1.54) is 10.7 Å². The summed E-state index contributed by atoms with van der Waals surface area (Å²) in [6, 6.07) is 3.00. The highest BCUT2D eigenvalue weighted by Crippen LogP contribution is 2.27. The zero-order valence-corrected chi connectivity index (χ0v) is 14.8. The second-order valence-electron chi connectivity index (χ2n) is 6.31. The van der Waals surface area contributed by atoms with Crippen molar-refractivity contribution in [1.82, 2.24) is 24.4 Å². The minimum Gasteiger partial charge on any atom is -0.384 e. The molecule has 0 saturated carbocycles. The van der Waals surface area contributed by atoms with Gasteiger partial charge in [-0.05, 0) is 19.4 Å². The summed E-state index contributed by atoms with van der Waals surface area (Å²) in [7, 11) is -3.07. The summed E-state index contributed by atoms with van der Waals surface area (Å²) < 4.78 is 26.6. The van der Waals surface area contributed by atoms with Crippen LogP contribution in [0.2, 0.25) is 0 Å². The number of rotatable bonds is 3. The standard InChI is InChI=1S/C15H17N7O3S/c1-9-6-13(22(20-9)10-3-5-26(24,25)8-10)19-15(23)11-7-17-21-4-2-12(16)18-14(11)21/h2,4,6-7,10H,3,5,8H2,1H3,(H2,16,18)(H,19,23). The average Bonchev–Trinajstić information content (AvgIpc) is 3.23. The third kappa shape index (κ3) is 2.90. The molecule has 0 aromatic carbocycles. The van der Waals surface area contributed by atoms with E-state index in [4.69, 9.17) is 5.73 Å². The summed E-state index contributed by atoms with van der Waals surface area (Å²) in [5.74, 6) is 0.453. The highest BCUT2D eigenvalue weighted by molar-refractivity contribution is 7.91. The quantitative estimate of drug-likeness (QED) is 0.677. The topological polar surface area (TPSA) is 137 Å². The Labute approximate surface area is 148 Å². The van der Waals surface area contributed by atoms with Crippen LogP contribution in [0, 0.1) is 6.92 Å². The first-order valence-electron chi connectivity index (χ1n) is 8.00. The number of carbonyl (C=O) groups is 1. The lowest BCUT2D eigenvalue weighted by molar-refractivity contribution is 0.102. The number of nitrogens with zero attached hydrogens (tertiary/aromatic N) is 5. The summed E-state index contributed by atoms with van der Waals surface area (Å²) in [5.41, 5.74) is 6.98. The molecule has 0 spiro atoms. The third-order valence-electron chi connectivity index (χ3n) is 4.29. The molecule has 11 heteroatoms. The van der Waals surface area contributed by atoms with Crippen molar-refractivity contribution in [3.05, 3.63) is 35.8 Å². The number of nitrogens with two attached hydrogens (primary N) is 1. The van der Waals surface area contributed by atoms with Gasteiger partial charge < -0.3 is 11.1 Å². The van der Waals surface area contributed by atoms with Gasteiger partial charge in [-0.1, -0.05) is 0 Å². The van der Waals surface area contributed by atoms with Crippen molar-refractivity contribution in [1.29, 1.82) is 0 Å². The summed E-state index contributed by atoms with van der Waals surface area (Å²) in [4.78, 5) is 16.8. The van der Waals surface area contributed by atoms with Crippen LogP contribution in [-0.2, 0) is 9.84 Å². The molecule has 1 fully saturated rings. The zero-order valence-electron chi connectivity index (χ0n) is 14.0. The second-order valence-corrected chi connectivity index (χ2v) is 8.53. The van der Waals surface area contributed by atoms with Crippen molar-refractivity contribution in [2.45, 2.75) is 19.4 Å². The Hall–Kier alpha value is -2.95. The Bertz CT molecular complexity index is 1120. The minimum absolute atomic E-state index is 0.0196. The number of hydrogen-bond donors (Lipinski definition) is 2. The van der Waals surface area contributed by atoms with Gasteiger partial charge in [0.15, 0.2) is 15.5 Å². The first-order valence-corrected chi connectivity index (χ1v) is 9.82. The molecule has 0 radical (unpaired) electrons. The molecule has 0 bridgehead atoms. The van der Waals surface area contributed by atoms with Gasteiger partial charge >= 0.3 is 0 Å². The van der Waals surface area contributed by atoms with E-state index in [9.17, 15) is 13.2 Å². The molecule has 3 aromatic rings. The van der Waals surface area contributed by atoms with E-state index in [2.05, 4.69) is 20.5 Å². The average molecular weight is 375 g/mol. The van der Waals surface area contributed by atoms with Gasteiger partial charge in [-0.2, -0.15) is 10.2 Å². The fourth-order valence-electron chi connectivity index (χ4n) is 3.08. The molecule has 1 amide bonds. The van der Waals surface area contributed by atoms with Crippen LogP contribution in [0.3, 0.4) is 0 Å². The molecule has 3 aromatic heterocycles. The molecular weight excluding hydrogens is 358 g/mol. The molecule has 1 saturated heterocycles. The molecule has 1 unspecified atom stereocenters. The molecule has 4 heterocycles. The lowest BCUT2D eigenvalue weighted by Gasteiger charge is -2.13. The number of hydrogen-bond acceptors (Lipinski definition) is 7. The predicted octanol–water partition coefficient (Wildman–Crippen LogP) is 0.428. The summed E-state index contributed by atoms with van der Waals surface area (Å²) in [5, 5.41) is 11.2.